The minimum Gasteiger partial charge on any atom is -0.348 e. The molecule has 0 bridgehead atoms. The molecule has 1 aromatic rings. The third-order valence-corrected chi connectivity index (χ3v) is 6.01. The number of amides is 4. The second kappa shape index (κ2) is 8.83. The van der Waals surface area contributed by atoms with Crippen LogP contribution in [-0.4, -0.2) is 75.5 Å². The maximum absolute atomic E-state index is 13.2. The minimum atomic E-state index is -0.769. The van der Waals surface area contributed by atoms with E-state index in [1.165, 1.54) is 0 Å². The molecule has 3 atom stereocenters. The van der Waals surface area contributed by atoms with Gasteiger partial charge in [0.1, 0.15) is 12.1 Å². The molecule has 2 saturated heterocycles. The number of urea groups is 1. The molecule has 28 heavy (non-hydrogen) atoms. The van der Waals surface area contributed by atoms with Crippen molar-refractivity contribution in [2.75, 3.05) is 26.2 Å². The summed E-state index contributed by atoms with van der Waals surface area (Å²) < 4.78 is -0.238. The highest BCUT2D eigenvalue weighted by atomic mass is 16.2. The second-order valence-electron chi connectivity index (χ2n) is 7.88. The van der Waals surface area contributed by atoms with Gasteiger partial charge in [0.2, 0.25) is 5.91 Å². The zero-order valence-electron chi connectivity index (χ0n) is 16.5. The van der Waals surface area contributed by atoms with Crippen LogP contribution in [0.1, 0.15) is 44.7 Å². The lowest BCUT2D eigenvalue weighted by molar-refractivity contribution is -0.785. The van der Waals surface area contributed by atoms with Gasteiger partial charge in [0.15, 0.2) is 0 Å². The highest BCUT2D eigenvalue weighted by molar-refractivity contribution is 5.87. The number of quaternary nitrogens is 1. The van der Waals surface area contributed by atoms with Gasteiger partial charge in [-0.3, -0.25) is 4.79 Å². The molecular formula is C19H31N6O3+. The van der Waals surface area contributed by atoms with Crippen molar-refractivity contribution in [2.45, 2.75) is 57.5 Å². The van der Waals surface area contributed by atoms with Crippen molar-refractivity contribution in [3.63, 3.8) is 0 Å². The predicted molar refractivity (Wildman–Crippen MR) is 103 cm³/mol. The Labute approximate surface area is 165 Å². The summed E-state index contributed by atoms with van der Waals surface area (Å²) in [4.78, 5) is 46.7. The van der Waals surface area contributed by atoms with Gasteiger partial charge < -0.3 is 20.9 Å². The molecule has 154 valence electrons. The van der Waals surface area contributed by atoms with E-state index in [0.29, 0.717) is 38.9 Å². The number of carbonyl (C=O) groups excluding carboxylic acids is 3. The zero-order chi connectivity index (χ0) is 20.1. The number of nitrogens with two attached hydrogens (primary N) is 1. The van der Waals surface area contributed by atoms with Crippen LogP contribution in [0, 0.1) is 0 Å². The quantitative estimate of drug-likeness (QED) is 0.462. The van der Waals surface area contributed by atoms with E-state index in [1.54, 1.807) is 12.5 Å². The number of imidazole rings is 1. The summed E-state index contributed by atoms with van der Waals surface area (Å²) >= 11 is 0. The number of hydrogen-bond acceptors (Lipinski definition) is 5. The molecule has 9 heteroatoms. The van der Waals surface area contributed by atoms with Crippen LogP contribution in [0.2, 0.25) is 0 Å². The smallest absolute Gasteiger partial charge is 0.348 e. The fraction of sp³-hybridized carbons (Fsp3) is 0.684. The van der Waals surface area contributed by atoms with Crippen LogP contribution in [0.3, 0.4) is 0 Å². The molecule has 4 N–H and O–H groups in total. The molecule has 3 rings (SSSR count). The van der Waals surface area contributed by atoms with Crippen molar-refractivity contribution < 1.29 is 18.9 Å². The molecule has 2 fully saturated rings. The summed E-state index contributed by atoms with van der Waals surface area (Å²) in [6, 6.07) is -1.14. The molecule has 0 aliphatic carbocycles. The van der Waals surface area contributed by atoms with Gasteiger partial charge in [-0.15, -0.1) is 0 Å². The SMILES string of the molecule is C[C@@H]1CCC[N+]1(C(=O)NCCCN1CCCC1=O)C(=O)[C@@H](N)Cc1cnc[nH]1. The summed E-state index contributed by atoms with van der Waals surface area (Å²) in [6.07, 6.45) is 7.36. The fourth-order valence-electron chi connectivity index (χ4n) is 4.37. The summed E-state index contributed by atoms with van der Waals surface area (Å²) in [5.74, 6) is -0.0604. The van der Waals surface area contributed by atoms with Gasteiger partial charge in [-0.05, 0) is 19.8 Å². The third kappa shape index (κ3) is 4.10. The largest absolute Gasteiger partial charge is 0.424 e. The normalized spacial score (nSPS) is 25.9. The van der Waals surface area contributed by atoms with Gasteiger partial charge in [0, 0.05) is 57.2 Å². The number of nitrogens with zero attached hydrogens (tertiary/aromatic N) is 3. The van der Waals surface area contributed by atoms with Crippen molar-refractivity contribution in [3.8, 4) is 0 Å². The Hall–Kier alpha value is -2.26. The van der Waals surface area contributed by atoms with Gasteiger partial charge >= 0.3 is 11.9 Å². The van der Waals surface area contributed by atoms with Crippen LogP contribution in [0.4, 0.5) is 4.79 Å². The first-order chi connectivity index (χ1) is 13.4. The molecule has 0 radical (unpaired) electrons. The fourth-order valence-corrected chi connectivity index (χ4v) is 4.37. The van der Waals surface area contributed by atoms with E-state index in [9.17, 15) is 14.4 Å². The molecule has 4 amide bonds. The number of aromatic amines is 1. The van der Waals surface area contributed by atoms with Crippen LogP contribution >= 0.6 is 0 Å². The number of carbonyl (C=O) groups is 3. The molecule has 1 aromatic heterocycles. The number of imide groups is 1. The minimum absolute atomic E-state index is 0.0968. The number of hydrogen-bond donors (Lipinski definition) is 3. The van der Waals surface area contributed by atoms with E-state index >= 15 is 0 Å². The number of aromatic nitrogens is 2. The van der Waals surface area contributed by atoms with Crippen LogP contribution in [0.25, 0.3) is 0 Å². The Balaban J connectivity index is 1.59. The Morgan fingerprint density at radius 3 is 2.89 bits per heavy atom. The highest BCUT2D eigenvalue weighted by Crippen LogP contribution is 2.29. The zero-order valence-corrected chi connectivity index (χ0v) is 16.5. The van der Waals surface area contributed by atoms with Crippen molar-refractivity contribution in [1.82, 2.24) is 20.2 Å². The summed E-state index contributed by atoms with van der Waals surface area (Å²) in [5, 5.41) is 2.93. The Bertz CT molecular complexity index is 707. The number of likely N-dealkylation sites (tertiary alicyclic amines) is 2. The average Bonchev–Trinajstić information content (AvgIpc) is 3.41. The maximum Gasteiger partial charge on any atom is 0.424 e. The lowest BCUT2D eigenvalue weighted by Gasteiger charge is -2.34. The standard InChI is InChI=1S/C19H30N6O3/c1-14-5-3-10-25(14,18(27)16(20)11-15-12-21-13-23-15)19(28)22-7-4-9-24-8-2-6-17(24)26/h12-14,16H,2-11,20H2,1H3,(H-,21,22,23,28)/p+1/t14-,16+,25?/m1/s1. The van der Waals surface area contributed by atoms with Crippen molar-refractivity contribution in [2.24, 2.45) is 5.73 Å². The summed E-state index contributed by atoms with van der Waals surface area (Å²) in [5.41, 5.74) is 6.97. The highest BCUT2D eigenvalue weighted by Gasteiger charge is 2.53. The van der Waals surface area contributed by atoms with Crippen molar-refractivity contribution in [3.05, 3.63) is 18.2 Å². The van der Waals surface area contributed by atoms with E-state index < -0.39 is 6.04 Å². The van der Waals surface area contributed by atoms with Crippen molar-refractivity contribution in [1.29, 1.82) is 0 Å². The van der Waals surface area contributed by atoms with E-state index in [0.717, 1.165) is 31.5 Å². The van der Waals surface area contributed by atoms with E-state index in [1.807, 2.05) is 11.8 Å². The van der Waals surface area contributed by atoms with Crippen LogP contribution in [0.5, 0.6) is 0 Å². The number of nitrogens with one attached hydrogen (secondary N) is 2. The molecule has 2 aliphatic heterocycles. The average molecular weight is 391 g/mol. The van der Waals surface area contributed by atoms with Gasteiger partial charge in [-0.25, -0.2) is 14.6 Å². The topological polar surface area (TPSA) is 121 Å². The second-order valence-corrected chi connectivity index (χ2v) is 7.88. The lowest BCUT2D eigenvalue weighted by atomic mass is 10.1. The van der Waals surface area contributed by atoms with Gasteiger partial charge in [-0.1, -0.05) is 0 Å². The van der Waals surface area contributed by atoms with Gasteiger partial charge in [0.05, 0.1) is 12.9 Å². The maximum atomic E-state index is 13.2. The van der Waals surface area contributed by atoms with Crippen molar-refractivity contribution >= 4 is 17.8 Å². The lowest BCUT2D eigenvalue weighted by Crippen LogP contribution is -2.66. The Morgan fingerprint density at radius 2 is 2.29 bits per heavy atom. The first-order valence-corrected chi connectivity index (χ1v) is 10.2. The number of rotatable bonds is 7. The molecule has 9 nitrogen and oxygen atoms in total. The van der Waals surface area contributed by atoms with Crippen LogP contribution in [-0.2, 0) is 16.0 Å². The number of H-pyrrole nitrogens is 1. The Morgan fingerprint density at radius 1 is 1.46 bits per heavy atom. The Kier molecular flexibility index (Phi) is 6.46. The molecule has 1 unspecified atom stereocenters. The monoisotopic (exact) mass is 391 g/mol. The molecule has 2 aliphatic rings. The van der Waals surface area contributed by atoms with E-state index in [-0.39, 0.29) is 28.4 Å². The molecule has 0 spiro atoms. The molecular weight excluding hydrogens is 360 g/mol. The summed E-state index contributed by atoms with van der Waals surface area (Å²) in [6.45, 7) is 4.30. The molecule has 0 aromatic carbocycles. The van der Waals surface area contributed by atoms with E-state index in [4.69, 9.17) is 5.73 Å². The van der Waals surface area contributed by atoms with Crippen LogP contribution < -0.4 is 11.1 Å². The van der Waals surface area contributed by atoms with Gasteiger partial charge in [-0.2, -0.15) is 4.48 Å². The first kappa shape index (κ1) is 20.5. The first-order valence-electron chi connectivity index (χ1n) is 10.2. The molecule has 0 saturated carbocycles. The van der Waals surface area contributed by atoms with Gasteiger partial charge in [0.25, 0.3) is 0 Å². The third-order valence-electron chi connectivity index (χ3n) is 6.01. The van der Waals surface area contributed by atoms with E-state index in [2.05, 4.69) is 15.3 Å². The molecule has 3 heterocycles. The summed E-state index contributed by atoms with van der Waals surface area (Å²) in [7, 11) is 0. The van der Waals surface area contributed by atoms with Crippen LogP contribution in [0.15, 0.2) is 12.5 Å². The predicted octanol–water partition coefficient (Wildman–Crippen LogP) is 0.527.